The second-order valence-corrected chi connectivity index (χ2v) is 8.35. The van der Waals surface area contributed by atoms with E-state index in [0.717, 1.165) is 11.3 Å². The lowest BCUT2D eigenvalue weighted by Crippen LogP contribution is -2.13. The van der Waals surface area contributed by atoms with Gasteiger partial charge in [0.25, 0.3) is 10.0 Å². The summed E-state index contributed by atoms with van der Waals surface area (Å²) in [6, 6.07) is 17.9. The molecule has 0 saturated heterocycles. The SMILES string of the molecule is Cc1cccc(C(C)C)c1Nc1ccc(NS(=O)(=O)c2ccccc2)cn1. The summed E-state index contributed by atoms with van der Waals surface area (Å²) in [6.45, 7) is 6.35. The number of nitrogens with zero attached hydrogens (tertiary/aromatic N) is 1. The van der Waals surface area contributed by atoms with Gasteiger partial charge in [-0.3, -0.25) is 4.72 Å². The van der Waals surface area contributed by atoms with E-state index in [0.29, 0.717) is 17.4 Å². The molecule has 3 aromatic rings. The van der Waals surface area contributed by atoms with Gasteiger partial charge in [0.1, 0.15) is 5.82 Å². The zero-order valence-electron chi connectivity index (χ0n) is 15.6. The van der Waals surface area contributed by atoms with Crippen molar-refractivity contribution in [3.8, 4) is 0 Å². The van der Waals surface area contributed by atoms with Crippen molar-refractivity contribution < 1.29 is 8.42 Å². The van der Waals surface area contributed by atoms with E-state index in [1.165, 1.54) is 11.8 Å². The lowest BCUT2D eigenvalue weighted by molar-refractivity contribution is 0.601. The molecule has 0 radical (unpaired) electrons. The van der Waals surface area contributed by atoms with Gasteiger partial charge in [-0.15, -0.1) is 0 Å². The third-order valence-corrected chi connectivity index (χ3v) is 5.65. The van der Waals surface area contributed by atoms with Gasteiger partial charge < -0.3 is 5.32 Å². The van der Waals surface area contributed by atoms with E-state index in [4.69, 9.17) is 0 Å². The second kappa shape index (κ2) is 7.80. The molecule has 0 spiro atoms. The normalized spacial score (nSPS) is 11.4. The van der Waals surface area contributed by atoms with Crippen LogP contribution in [0.3, 0.4) is 0 Å². The lowest BCUT2D eigenvalue weighted by atomic mass is 9.98. The number of hydrogen-bond acceptors (Lipinski definition) is 4. The van der Waals surface area contributed by atoms with Crippen LogP contribution in [0.2, 0.25) is 0 Å². The van der Waals surface area contributed by atoms with Crippen LogP contribution < -0.4 is 10.0 Å². The third-order valence-electron chi connectivity index (χ3n) is 4.25. The van der Waals surface area contributed by atoms with Gasteiger partial charge >= 0.3 is 0 Å². The summed E-state index contributed by atoms with van der Waals surface area (Å²) in [5, 5.41) is 3.36. The predicted octanol–water partition coefficient (Wildman–Crippen LogP) is 5.06. The number of para-hydroxylation sites is 1. The molecule has 0 fully saturated rings. The fourth-order valence-electron chi connectivity index (χ4n) is 2.81. The average molecular weight is 382 g/mol. The molecule has 1 aromatic heterocycles. The van der Waals surface area contributed by atoms with Crippen LogP contribution in [0.4, 0.5) is 17.2 Å². The number of aromatic nitrogens is 1. The van der Waals surface area contributed by atoms with Crippen LogP contribution in [-0.4, -0.2) is 13.4 Å². The molecule has 0 atom stereocenters. The van der Waals surface area contributed by atoms with Crippen molar-refractivity contribution in [3.63, 3.8) is 0 Å². The van der Waals surface area contributed by atoms with E-state index in [2.05, 4.69) is 47.9 Å². The standard InChI is InChI=1S/C21H23N3O2S/c1-15(2)19-11-7-8-16(3)21(19)23-20-13-12-17(14-22-20)24-27(25,26)18-9-5-4-6-10-18/h4-15,24H,1-3H3,(H,22,23). The Morgan fingerprint density at radius 1 is 0.926 bits per heavy atom. The van der Waals surface area contributed by atoms with E-state index in [1.807, 2.05) is 6.07 Å². The fraction of sp³-hybridized carbons (Fsp3) is 0.190. The zero-order chi connectivity index (χ0) is 19.4. The Hall–Kier alpha value is -2.86. The molecule has 0 aliphatic rings. The van der Waals surface area contributed by atoms with Crippen molar-refractivity contribution in [2.45, 2.75) is 31.6 Å². The highest BCUT2D eigenvalue weighted by Gasteiger charge is 2.14. The molecule has 5 nitrogen and oxygen atoms in total. The van der Waals surface area contributed by atoms with Crippen molar-refractivity contribution in [2.75, 3.05) is 10.0 Å². The Labute approximate surface area is 160 Å². The van der Waals surface area contributed by atoms with Gasteiger partial charge in [-0.1, -0.05) is 50.2 Å². The molecule has 0 saturated carbocycles. The summed E-state index contributed by atoms with van der Waals surface area (Å²) in [7, 11) is -3.62. The van der Waals surface area contributed by atoms with Gasteiger partial charge in [0.05, 0.1) is 16.8 Å². The first-order valence-corrected chi connectivity index (χ1v) is 10.3. The average Bonchev–Trinajstić information content (AvgIpc) is 2.65. The minimum absolute atomic E-state index is 0.216. The Morgan fingerprint density at radius 3 is 2.30 bits per heavy atom. The molecular formula is C21H23N3O2S. The maximum Gasteiger partial charge on any atom is 0.261 e. The van der Waals surface area contributed by atoms with Crippen LogP contribution in [0.15, 0.2) is 71.8 Å². The van der Waals surface area contributed by atoms with Crippen LogP contribution in [0.5, 0.6) is 0 Å². The summed E-state index contributed by atoms with van der Waals surface area (Å²) >= 11 is 0. The van der Waals surface area contributed by atoms with Crippen molar-refractivity contribution in [1.29, 1.82) is 0 Å². The summed E-state index contributed by atoms with van der Waals surface area (Å²) in [5.74, 6) is 1.04. The largest absolute Gasteiger partial charge is 0.340 e. The first-order chi connectivity index (χ1) is 12.9. The number of aryl methyl sites for hydroxylation is 1. The van der Waals surface area contributed by atoms with E-state index in [1.54, 1.807) is 42.5 Å². The quantitative estimate of drug-likeness (QED) is 0.626. The molecule has 2 N–H and O–H groups in total. The molecule has 3 rings (SSSR count). The topological polar surface area (TPSA) is 71.1 Å². The number of anilines is 3. The van der Waals surface area contributed by atoms with Crippen molar-refractivity contribution in [2.24, 2.45) is 0 Å². The van der Waals surface area contributed by atoms with Crippen LogP contribution in [0.25, 0.3) is 0 Å². The Morgan fingerprint density at radius 2 is 1.67 bits per heavy atom. The number of nitrogens with one attached hydrogen (secondary N) is 2. The van der Waals surface area contributed by atoms with Crippen molar-refractivity contribution in [3.05, 3.63) is 78.0 Å². The highest BCUT2D eigenvalue weighted by atomic mass is 32.2. The molecule has 0 bridgehead atoms. The summed E-state index contributed by atoms with van der Waals surface area (Å²) in [5.41, 5.74) is 3.80. The monoisotopic (exact) mass is 381 g/mol. The number of sulfonamides is 1. The molecule has 0 amide bonds. The maximum atomic E-state index is 12.4. The summed E-state index contributed by atoms with van der Waals surface area (Å²) in [6.07, 6.45) is 1.51. The molecule has 27 heavy (non-hydrogen) atoms. The minimum atomic E-state index is -3.62. The van der Waals surface area contributed by atoms with Gasteiger partial charge in [-0.05, 0) is 48.2 Å². The van der Waals surface area contributed by atoms with Crippen LogP contribution in [0, 0.1) is 6.92 Å². The fourth-order valence-corrected chi connectivity index (χ4v) is 3.88. The molecule has 6 heteroatoms. The summed E-state index contributed by atoms with van der Waals surface area (Å²) in [4.78, 5) is 4.57. The highest BCUT2D eigenvalue weighted by Crippen LogP contribution is 2.30. The first kappa shape index (κ1) is 18.9. The van der Waals surface area contributed by atoms with Crippen LogP contribution in [-0.2, 0) is 10.0 Å². The molecule has 0 unspecified atom stereocenters. The van der Waals surface area contributed by atoms with Gasteiger partial charge in [0, 0.05) is 5.69 Å². The summed E-state index contributed by atoms with van der Waals surface area (Å²) < 4.78 is 27.3. The van der Waals surface area contributed by atoms with Gasteiger partial charge in [-0.2, -0.15) is 0 Å². The number of pyridine rings is 1. The smallest absolute Gasteiger partial charge is 0.261 e. The van der Waals surface area contributed by atoms with E-state index in [-0.39, 0.29) is 4.90 Å². The maximum absolute atomic E-state index is 12.4. The number of benzene rings is 2. The Balaban J connectivity index is 1.79. The Bertz CT molecular complexity index is 1020. The second-order valence-electron chi connectivity index (χ2n) is 6.67. The third kappa shape index (κ3) is 4.46. The molecular weight excluding hydrogens is 358 g/mol. The highest BCUT2D eigenvalue weighted by molar-refractivity contribution is 7.92. The predicted molar refractivity (Wildman–Crippen MR) is 110 cm³/mol. The minimum Gasteiger partial charge on any atom is -0.340 e. The lowest BCUT2D eigenvalue weighted by Gasteiger charge is -2.17. The number of rotatable bonds is 6. The van der Waals surface area contributed by atoms with Crippen LogP contribution in [0.1, 0.15) is 30.9 Å². The van der Waals surface area contributed by atoms with Gasteiger partial charge in [0.2, 0.25) is 0 Å². The van der Waals surface area contributed by atoms with Crippen molar-refractivity contribution in [1.82, 2.24) is 4.98 Å². The van der Waals surface area contributed by atoms with Crippen LogP contribution >= 0.6 is 0 Å². The molecule has 1 heterocycles. The molecule has 140 valence electrons. The van der Waals surface area contributed by atoms with E-state index < -0.39 is 10.0 Å². The zero-order valence-corrected chi connectivity index (χ0v) is 16.4. The number of hydrogen-bond donors (Lipinski definition) is 2. The van der Waals surface area contributed by atoms with Gasteiger partial charge in [-0.25, -0.2) is 13.4 Å². The molecule has 2 aromatic carbocycles. The Kier molecular flexibility index (Phi) is 5.46. The molecule has 0 aliphatic heterocycles. The van der Waals surface area contributed by atoms with E-state index in [9.17, 15) is 8.42 Å². The first-order valence-electron chi connectivity index (χ1n) is 8.77. The molecule has 0 aliphatic carbocycles. The van der Waals surface area contributed by atoms with Crippen molar-refractivity contribution >= 4 is 27.2 Å². The van der Waals surface area contributed by atoms with Gasteiger partial charge in [0.15, 0.2) is 0 Å². The van der Waals surface area contributed by atoms with E-state index >= 15 is 0 Å².